The Morgan fingerprint density at radius 3 is 2.78 bits per heavy atom. The fraction of sp³-hybridized carbons (Fsp3) is 0.455. The first-order valence-corrected chi connectivity index (χ1v) is 10.8. The zero-order chi connectivity index (χ0) is 22.6. The molecule has 4 heterocycles. The molecule has 8 nitrogen and oxygen atoms in total. The molecule has 0 saturated carbocycles. The van der Waals surface area contributed by atoms with Crippen molar-refractivity contribution in [1.29, 1.82) is 0 Å². The summed E-state index contributed by atoms with van der Waals surface area (Å²) in [5.74, 6) is -1.09. The van der Waals surface area contributed by atoms with E-state index in [2.05, 4.69) is 15.4 Å². The smallest absolute Gasteiger partial charge is 0.177 e. The fourth-order valence-electron chi connectivity index (χ4n) is 4.46. The number of rotatable bonds is 5. The van der Waals surface area contributed by atoms with Crippen LogP contribution in [0.25, 0.3) is 5.65 Å². The number of hydrogen-bond acceptors (Lipinski definition) is 7. The number of aromatic nitrogens is 3. The van der Waals surface area contributed by atoms with Crippen molar-refractivity contribution in [2.45, 2.75) is 57.0 Å². The second-order valence-corrected chi connectivity index (χ2v) is 8.92. The average molecular weight is 463 g/mol. The van der Waals surface area contributed by atoms with Crippen LogP contribution in [0.4, 0.5) is 10.1 Å². The van der Waals surface area contributed by atoms with Crippen LogP contribution in [0.3, 0.4) is 0 Å². The highest BCUT2D eigenvalue weighted by Crippen LogP contribution is 2.45. The first-order chi connectivity index (χ1) is 15.3. The van der Waals surface area contributed by atoms with Gasteiger partial charge in [0, 0.05) is 11.6 Å². The number of fused-ring (bicyclic) bond motifs is 2. The van der Waals surface area contributed by atoms with Gasteiger partial charge in [-0.2, -0.15) is 5.10 Å². The summed E-state index contributed by atoms with van der Waals surface area (Å²) in [6, 6.07) is 7.90. The van der Waals surface area contributed by atoms with Gasteiger partial charge in [0.1, 0.15) is 30.2 Å². The molecule has 1 aromatic carbocycles. The summed E-state index contributed by atoms with van der Waals surface area (Å²) in [6.07, 6.45) is -0.291. The van der Waals surface area contributed by atoms with Crippen LogP contribution in [0.2, 0.25) is 5.15 Å². The van der Waals surface area contributed by atoms with Gasteiger partial charge in [0.2, 0.25) is 0 Å². The van der Waals surface area contributed by atoms with Crippen molar-refractivity contribution in [3.05, 3.63) is 58.8 Å². The van der Waals surface area contributed by atoms with E-state index in [0.717, 1.165) is 0 Å². The molecular formula is C22H24ClFN4O4. The van der Waals surface area contributed by atoms with Crippen molar-refractivity contribution in [1.82, 2.24) is 14.6 Å². The molecular weight excluding hydrogens is 439 g/mol. The number of ether oxygens (including phenoxy) is 3. The maximum atomic E-state index is 14.2. The molecule has 2 aliphatic heterocycles. The molecule has 2 fully saturated rings. The third-order valence-electron chi connectivity index (χ3n) is 5.83. The van der Waals surface area contributed by atoms with Gasteiger partial charge < -0.3 is 24.6 Å². The molecule has 170 valence electrons. The van der Waals surface area contributed by atoms with Gasteiger partial charge in [0.25, 0.3) is 0 Å². The maximum absolute atomic E-state index is 14.2. The van der Waals surface area contributed by atoms with Crippen LogP contribution in [0.5, 0.6) is 0 Å². The van der Waals surface area contributed by atoms with Gasteiger partial charge in [-0.25, -0.2) is 13.9 Å². The maximum Gasteiger partial charge on any atom is 0.177 e. The highest BCUT2D eigenvalue weighted by atomic mass is 35.5. The monoisotopic (exact) mass is 462 g/mol. The van der Waals surface area contributed by atoms with E-state index in [9.17, 15) is 9.50 Å². The molecule has 3 aromatic rings. The zero-order valence-electron chi connectivity index (χ0n) is 17.8. The summed E-state index contributed by atoms with van der Waals surface area (Å²) >= 11 is 6.32. The summed E-state index contributed by atoms with van der Waals surface area (Å²) in [6.45, 7) is 5.31. The lowest BCUT2D eigenvalue weighted by atomic mass is 10.1. The average Bonchev–Trinajstić information content (AvgIpc) is 3.38. The van der Waals surface area contributed by atoms with Crippen LogP contribution in [-0.4, -0.2) is 50.4 Å². The Kier molecular flexibility index (Phi) is 5.34. The SMILES string of the molecule is C[C@H](Nc1cc(Cl)nn2c([C@@H]3O[C@H](CO)[C@H]4OC(C)(C)OC34)cnc12)c1ccccc1F. The number of halogens is 2. The van der Waals surface area contributed by atoms with Gasteiger partial charge in [0.15, 0.2) is 16.6 Å². The Bertz CT molecular complexity index is 1160. The number of nitrogens with zero attached hydrogens (tertiary/aromatic N) is 3. The zero-order valence-corrected chi connectivity index (χ0v) is 18.6. The number of anilines is 1. The highest BCUT2D eigenvalue weighted by molar-refractivity contribution is 6.29. The van der Waals surface area contributed by atoms with E-state index < -0.39 is 30.2 Å². The summed E-state index contributed by atoms with van der Waals surface area (Å²) < 4.78 is 33.9. The van der Waals surface area contributed by atoms with E-state index in [1.54, 1.807) is 35.0 Å². The standard InChI is InChI=1S/C22H24ClFN4O4/c1-11(12-6-4-5-7-13(12)24)26-14-8-17(23)27-28-15(9-25-21(14)28)18-20-19(16(10-29)30-18)31-22(2,3)32-20/h4-9,11,16,18-20,26,29H,10H2,1-3H3/t11-,16+,18-,19+,20?/m0/s1. The van der Waals surface area contributed by atoms with E-state index >= 15 is 0 Å². The minimum absolute atomic E-state index is 0.199. The molecule has 2 N–H and O–H groups in total. The molecule has 2 aliphatic rings. The molecule has 2 aromatic heterocycles. The lowest BCUT2D eigenvalue weighted by Crippen LogP contribution is -2.31. The van der Waals surface area contributed by atoms with Crippen LogP contribution < -0.4 is 5.32 Å². The quantitative estimate of drug-likeness (QED) is 0.598. The van der Waals surface area contributed by atoms with Crippen molar-refractivity contribution in [2.24, 2.45) is 0 Å². The summed E-state index contributed by atoms with van der Waals surface area (Å²) in [4.78, 5) is 4.52. The summed E-state index contributed by atoms with van der Waals surface area (Å²) in [7, 11) is 0. The van der Waals surface area contributed by atoms with E-state index in [1.165, 1.54) is 6.07 Å². The third kappa shape index (κ3) is 3.64. The fourth-order valence-corrected chi connectivity index (χ4v) is 4.64. The van der Waals surface area contributed by atoms with Crippen molar-refractivity contribution >= 4 is 22.9 Å². The Morgan fingerprint density at radius 2 is 2.03 bits per heavy atom. The molecule has 0 bridgehead atoms. The number of aliphatic hydroxyl groups is 1. The number of benzene rings is 1. The Labute approximate surface area is 189 Å². The van der Waals surface area contributed by atoms with Crippen molar-refractivity contribution in [3.8, 4) is 0 Å². The molecule has 1 unspecified atom stereocenters. The van der Waals surface area contributed by atoms with Crippen LogP contribution in [-0.2, 0) is 14.2 Å². The Balaban J connectivity index is 1.51. The van der Waals surface area contributed by atoms with Gasteiger partial charge >= 0.3 is 0 Å². The molecule has 0 amide bonds. The van der Waals surface area contributed by atoms with Gasteiger partial charge in [-0.3, -0.25) is 0 Å². The van der Waals surface area contributed by atoms with Crippen molar-refractivity contribution in [2.75, 3.05) is 11.9 Å². The van der Waals surface area contributed by atoms with E-state index in [0.29, 0.717) is 22.6 Å². The van der Waals surface area contributed by atoms with E-state index in [4.69, 9.17) is 25.8 Å². The summed E-state index contributed by atoms with van der Waals surface area (Å²) in [5, 5.41) is 17.7. The van der Waals surface area contributed by atoms with E-state index in [-0.39, 0.29) is 23.6 Å². The molecule has 5 rings (SSSR count). The lowest BCUT2D eigenvalue weighted by molar-refractivity contribution is -0.191. The second-order valence-electron chi connectivity index (χ2n) is 8.53. The van der Waals surface area contributed by atoms with Gasteiger partial charge in [0.05, 0.1) is 30.2 Å². The predicted molar refractivity (Wildman–Crippen MR) is 115 cm³/mol. The molecule has 2 saturated heterocycles. The normalized spacial score (nSPS) is 27.6. The lowest BCUT2D eigenvalue weighted by Gasteiger charge is -2.23. The molecule has 0 radical (unpaired) electrons. The number of imidazole rings is 1. The largest absolute Gasteiger partial charge is 0.394 e. The molecule has 0 spiro atoms. The second kappa shape index (κ2) is 7.93. The van der Waals surface area contributed by atoms with Crippen LogP contribution in [0.1, 0.15) is 44.2 Å². The molecule has 5 atom stereocenters. The Morgan fingerprint density at radius 1 is 1.28 bits per heavy atom. The van der Waals surface area contributed by atoms with Gasteiger partial charge in [-0.05, 0) is 26.8 Å². The number of hydrogen-bond donors (Lipinski definition) is 2. The third-order valence-corrected chi connectivity index (χ3v) is 6.01. The van der Waals surface area contributed by atoms with Crippen molar-refractivity contribution < 1.29 is 23.7 Å². The number of aliphatic hydroxyl groups excluding tert-OH is 1. The van der Waals surface area contributed by atoms with Crippen LogP contribution >= 0.6 is 11.6 Å². The minimum Gasteiger partial charge on any atom is -0.394 e. The first-order valence-electron chi connectivity index (χ1n) is 10.4. The predicted octanol–water partition coefficient (Wildman–Crippen LogP) is 3.65. The first kappa shape index (κ1) is 21.5. The van der Waals surface area contributed by atoms with Crippen LogP contribution in [0.15, 0.2) is 36.5 Å². The minimum atomic E-state index is -0.793. The van der Waals surface area contributed by atoms with Gasteiger partial charge in [-0.1, -0.05) is 29.8 Å². The van der Waals surface area contributed by atoms with E-state index in [1.807, 2.05) is 20.8 Å². The van der Waals surface area contributed by atoms with Gasteiger partial charge in [-0.15, -0.1) is 0 Å². The summed E-state index contributed by atoms with van der Waals surface area (Å²) in [5.41, 5.74) is 2.26. The highest BCUT2D eigenvalue weighted by Gasteiger charge is 2.56. The molecule has 32 heavy (non-hydrogen) atoms. The molecule has 10 heteroatoms. The molecule has 0 aliphatic carbocycles. The number of nitrogens with one attached hydrogen (secondary N) is 1. The van der Waals surface area contributed by atoms with Crippen LogP contribution in [0, 0.1) is 5.82 Å². The Hall–Kier alpha value is -2.30. The topological polar surface area (TPSA) is 90.1 Å². The van der Waals surface area contributed by atoms with Crippen molar-refractivity contribution in [3.63, 3.8) is 0 Å².